The highest BCUT2D eigenvalue weighted by Gasteiger charge is 2.29. The van der Waals surface area contributed by atoms with Gasteiger partial charge in [-0.1, -0.05) is 11.8 Å². The van der Waals surface area contributed by atoms with E-state index in [0.29, 0.717) is 11.7 Å². The number of hydrogen-bond donors (Lipinski definition) is 1. The molecule has 0 aromatic carbocycles. The summed E-state index contributed by atoms with van der Waals surface area (Å²) in [6.07, 6.45) is 4.40. The van der Waals surface area contributed by atoms with Gasteiger partial charge in [0.15, 0.2) is 15.8 Å². The lowest BCUT2D eigenvalue weighted by Gasteiger charge is -2.00. The third-order valence-corrected chi connectivity index (χ3v) is 4.64. The molecule has 0 bridgehead atoms. The van der Waals surface area contributed by atoms with Crippen LogP contribution in [0.2, 0.25) is 0 Å². The zero-order chi connectivity index (χ0) is 11.1. The van der Waals surface area contributed by atoms with Gasteiger partial charge in [0.2, 0.25) is 0 Å². The van der Waals surface area contributed by atoms with Crippen molar-refractivity contribution in [3.05, 3.63) is 11.5 Å². The van der Waals surface area contributed by atoms with Crippen molar-refractivity contribution in [2.45, 2.75) is 29.7 Å². The maximum Gasteiger partial charge on any atom is 0.175 e. The number of thioether (sulfide) groups is 1. The van der Waals surface area contributed by atoms with Gasteiger partial charge in [-0.15, -0.1) is 11.3 Å². The van der Waals surface area contributed by atoms with Crippen molar-refractivity contribution >= 4 is 33.4 Å². The summed E-state index contributed by atoms with van der Waals surface area (Å²) in [7, 11) is 0. The molecule has 0 aliphatic heterocycles. The molecule has 0 atom stereocenters. The molecular formula is C10H11N3OS2. The van der Waals surface area contributed by atoms with E-state index in [2.05, 4.69) is 15.0 Å². The summed E-state index contributed by atoms with van der Waals surface area (Å²) in [5, 5.41) is 9.13. The number of fused-ring (bicyclic) bond motifs is 1. The van der Waals surface area contributed by atoms with Gasteiger partial charge in [0.25, 0.3) is 0 Å². The lowest BCUT2D eigenvalue weighted by Crippen LogP contribution is -1.99. The monoisotopic (exact) mass is 253 g/mol. The molecular weight excluding hydrogens is 242 g/mol. The van der Waals surface area contributed by atoms with Crippen LogP contribution in [0.15, 0.2) is 4.34 Å². The normalized spacial score (nSPS) is 15.9. The summed E-state index contributed by atoms with van der Waals surface area (Å²) < 4.78 is 2.12. The summed E-state index contributed by atoms with van der Waals surface area (Å²) in [6.45, 7) is -0.109. The molecule has 2 aromatic heterocycles. The smallest absolute Gasteiger partial charge is 0.175 e. The van der Waals surface area contributed by atoms with Crippen molar-refractivity contribution in [1.82, 2.24) is 15.0 Å². The van der Waals surface area contributed by atoms with Crippen LogP contribution in [0.5, 0.6) is 0 Å². The molecule has 0 amide bonds. The van der Waals surface area contributed by atoms with Gasteiger partial charge in [-0.25, -0.2) is 15.0 Å². The fourth-order valence-electron chi connectivity index (χ4n) is 1.66. The van der Waals surface area contributed by atoms with Crippen molar-refractivity contribution in [3.63, 3.8) is 0 Å². The third kappa shape index (κ3) is 1.70. The maximum absolute atomic E-state index is 9.13. The molecule has 0 spiro atoms. The summed E-state index contributed by atoms with van der Waals surface area (Å²) in [6, 6.07) is 0. The zero-order valence-corrected chi connectivity index (χ0v) is 10.4. The van der Waals surface area contributed by atoms with E-state index in [-0.39, 0.29) is 6.61 Å². The minimum absolute atomic E-state index is 0.109. The Balaban J connectivity index is 2.22. The first-order chi connectivity index (χ1) is 7.81. The average molecular weight is 253 g/mol. The number of thiazole rings is 1. The van der Waals surface area contributed by atoms with Crippen molar-refractivity contribution < 1.29 is 5.11 Å². The van der Waals surface area contributed by atoms with Crippen LogP contribution >= 0.6 is 23.1 Å². The Morgan fingerprint density at radius 1 is 1.38 bits per heavy atom. The highest BCUT2D eigenvalue weighted by molar-refractivity contribution is 8.00. The first kappa shape index (κ1) is 10.4. The Labute approximate surface area is 101 Å². The number of aromatic nitrogens is 3. The molecule has 84 valence electrons. The minimum Gasteiger partial charge on any atom is -0.388 e. The highest BCUT2D eigenvalue weighted by atomic mass is 32.2. The Bertz CT molecular complexity index is 536. The standard InChI is InChI=1S/C10H11N3OS2/c1-15-10-13-9-8(16-10)7(5-2-3-5)11-6(4-14)12-9/h5,14H,2-4H2,1H3. The topological polar surface area (TPSA) is 58.9 Å². The molecule has 1 saturated carbocycles. The van der Waals surface area contributed by atoms with Crippen LogP contribution in [0, 0.1) is 0 Å². The molecule has 1 fully saturated rings. The van der Waals surface area contributed by atoms with E-state index in [1.165, 1.54) is 12.8 Å². The van der Waals surface area contributed by atoms with Crippen molar-refractivity contribution in [3.8, 4) is 0 Å². The average Bonchev–Trinajstić information content (AvgIpc) is 3.06. The first-order valence-electron chi connectivity index (χ1n) is 5.14. The molecule has 0 saturated heterocycles. The molecule has 1 aliphatic carbocycles. The fourth-order valence-corrected chi connectivity index (χ4v) is 3.23. The van der Waals surface area contributed by atoms with E-state index in [4.69, 9.17) is 5.11 Å². The largest absolute Gasteiger partial charge is 0.388 e. The Morgan fingerprint density at radius 3 is 2.81 bits per heavy atom. The molecule has 2 aromatic rings. The number of hydrogen-bond acceptors (Lipinski definition) is 6. The van der Waals surface area contributed by atoms with E-state index < -0.39 is 0 Å². The van der Waals surface area contributed by atoms with E-state index in [9.17, 15) is 0 Å². The molecule has 0 unspecified atom stereocenters. The second kappa shape index (κ2) is 3.94. The van der Waals surface area contributed by atoms with E-state index in [0.717, 1.165) is 20.4 Å². The predicted octanol–water partition coefficient (Wildman–Crippen LogP) is 2.18. The lowest BCUT2D eigenvalue weighted by molar-refractivity contribution is 0.271. The van der Waals surface area contributed by atoms with Crippen LogP contribution in [-0.4, -0.2) is 26.3 Å². The second-order valence-corrected chi connectivity index (χ2v) is 5.85. The second-order valence-electron chi connectivity index (χ2n) is 3.79. The fraction of sp³-hybridized carbons (Fsp3) is 0.500. The van der Waals surface area contributed by atoms with Gasteiger partial charge < -0.3 is 5.11 Å². The molecule has 16 heavy (non-hydrogen) atoms. The molecule has 4 nitrogen and oxygen atoms in total. The summed E-state index contributed by atoms with van der Waals surface area (Å²) in [4.78, 5) is 13.1. The van der Waals surface area contributed by atoms with Crippen molar-refractivity contribution in [2.24, 2.45) is 0 Å². The van der Waals surface area contributed by atoms with E-state index in [1.807, 2.05) is 6.26 Å². The molecule has 1 aliphatic rings. The van der Waals surface area contributed by atoms with Crippen LogP contribution in [0.4, 0.5) is 0 Å². The molecule has 1 N–H and O–H groups in total. The summed E-state index contributed by atoms with van der Waals surface area (Å²) in [5.74, 6) is 1.05. The molecule has 0 radical (unpaired) electrons. The van der Waals surface area contributed by atoms with Crippen LogP contribution in [0.1, 0.15) is 30.3 Å². The predicted molar refractivity (Wildman–Crippen MR) is 64.9 cm³/mol. The minimum atomic E-state index is -0.109. The summed E-state index contributed by atoms with van der Waals surface area (Å²) in [5.41, 5.74) is 1.84. The Hall–Kier alpha value is -0.720. The molecule has 3 rings (SSSR count). The van der Waals surface area contributed by atoms with Crippen LogP contribution in [0.3, 0.4) is 0 Å². The van der Waals surface area contributed by atoms with Gasteiger partial charge in [-0.2, -0.15) is 0 Å². The lowest BCUT2D eigenvalue weighted by atomic mass is 10.3. The van der Waals surface area contributed by atoms with E-state index in [1.54, 1.807) is 23.1 Å². The quantitative estimate of drug-likeness (QED) is 0.850. The van der Waals surface area contributed by atoms with E-state index >= 15 is 0 Å². The van der Waals surface area contributed by atoms with Gasteiger partial charge in [0, 0.05) is 5.92 Å². The van der Waals surface area contributed by atoms with Gasteiger partial charge in [0.1, 0.15) is 6.61 Å². The number of aliphatic hydroxyl groups excluding tert-OH is 1. The van der Waals surface area contributed by atoms with Gasteiger partial charge in [0.05, 0.1) is 10.4 Å². The number of rotatable bonds is 3. The maximum atomic E-state index is 9.13. The van der Waals surface area contributed by atoms with Crippen LogP contribution < -0.4 is 0 Å². The first-order valence-corrected chi connectivity index (χ1v) is 7.18. The van der Waals surface area contributed by atoms with Gasteiger partial charge >= 0.3 is 0 Å². The van der Waals surface area contributed by atoms with Crippen LogP contribution in [-0.2, 0) is 6.61 Å². The van der Waals surface area contributed by atoms with Crippen LogP contribution in [0.25, 0.3) is 10.3 Å². The van der Waals surface area contributed by atoms with Crippen molar-refractivity contribution in [1.29, 1.82) is 0 Å². The van der Waals surface area contributed by atoms with Crippen molar-refractivity contribution in [2.75, 3.05) is 6.26 Å². The SMILES string of the molecule is CSc1nc2nc(CO)nc(C3CC3)c2s1. The highest BCUT2D eigenvalue weighted by Crippen LogP contribution is 2.43. The molecule has 6 heteroatoms. The number of aliphatic hydroxyl groups is 1. The summed E-state index contributed by atoms with van der Waals surface area (Å²) >= 11 is 3.28. The van der Waals surface area contributed by atoms with Gasteiger partial charge in [-0.3, -0.25) is 0 Å². The van der Waals surface area contributed by atoms with Gasteiger partial charge in [-0.05, 0) is 19.1 Å². The molecule has 2 heterocycles. The Kier molecular flexibility index (Phi) is 2.57. The third-order valence-electron chi connectivity index (χ3n) is 2.59. The number of nitrogens with zero attached hydrogens (tertiary/aromatic N) is 3. The zero-order valence-electron chi connectivity index (χ0n) is 8.80. The Morgan fingerprint density at radius 2 is 2.19 bits per heavy atom.